The summed E-state index contributed by atoms with van der Waals surface area (Å²) in [6.07, 6.45) is 0. The Morgan fingerprint density at radius 1 is 1.17 bits per heavy atom. The first-order valence-electron chi connectivity index (χ1n) is 5.38. The van der Waals surface area contributed by atoms with Gasteiger partial charge in [0.15, 0.2) is 0 Å². The van der Waals surface area contributed by atoms with E-state index in [0.29, 0.717) is 17.1 Å². The minimum atomic E-state index is -0.428. The first-order chi connectivity index (χ1) is 8.66. The molecule has 0 atom stereocenters. The molecule has 0 fully saturated rings. The third-order valence-corrected chi connectivity index (χ3v) is 2.87. The average molecular weight is 263 g/mol. The van der Waals surface area contributed by atoms with Crippen molar-refractivity contribution >= 4 is 23.0 Å². The second-order valence-corrected chi connectivity index (χ2v) is 4.16. The summed E-state index contributed by atoms with van der Waals surface area (Å²) in [6.45, 7) is 0.449. The van der Waals surface area contributed by atoms with Gasteiger partial charge in [-0.15, -0.1) is 0 Å². The van der Waals surface area contributed by atoms with Crippen LogP contribution in [0.15, 0.2) is 48.5 Å². The fourth-order valence-corrected chi connectivity index (χ4v) is 1.75. The van der Waals surface area contributed by atoms with Crippen LogP contribution in [-0.2, 0) is 6.54 Å². The van der Waals surface area contributed by atoms with Crippen LogP contribution >= 0.6 is 11.6 Å². The first kappa shape index (κ1) is 12.4. The quantitative estimate of drug-likeness (QED) is 0.672. The number of non-ortho nitro benzene ring substituents is 1. The fourth-order valence-electron chi connectivity index (χ4n) is 1.56. The molecule has 2 aromatic carbocycles. The van der Waals surface area contributed by atoms with Gasteiger partial charge in [0.05, 0.1) is 4.92 Å². The number of nitrogens with zero attached hydrogens (tertiary/aromatic N) is 1. The van der Waals surface area contributed by atoms with Crippen molar-refractivity contribution in [1.82, 2.24) is 0 Å². The van der Waals surface area contributed by atoms with Gasteiger partial charge in [0, 0.05) is 29.4 Å². The molecule has 0 aliphatic carbocycles. The number of nitro groups is 1. The Morgan fingerprint density at radius 2 is 1.89 bits per heavy atom. The number of nitro benzene ring substituents is 1. The summed E-state index contributed by atoms with van der Waals surface area (Å²) in [4.78, 5) is 10.3. The molecule has 5 heteroatoms. The van der Waals surface area contributed by atoms with Crippen LogP contribution in [0.2, 0.25) is 5.02 Å². The van der Waals surface area contributed by atoms with E-state index in [-0.39, 0.29) is 5.69 Å². The van der Waals surface area contributed by atoms with Gasteiger partial charge in [0.1, 0.15) is 0 Å². The lowest BCUT2D eigenvalue weighted by molar-refractivity contribution is -0.384. The Morgan fingerprint density at radius 3 is 2.56 bits per heavy atom. The number of halogens is 1. The highest BCUT2D eigenvalue weighted by atomic mass is 35.5. The smallest absolute Gasteiger partial charge is 0.269 e. The molecule has 18 heavy (non-hydrogen) atoms. The van der Waals surface area contributed by atoms with Gasteiger partial charge in [-0.1, -0.05) is 29.8 Å². The molecule has 0 aliphatic rings. The van der Waals surface area contributed by atoms with E-state index in [1.807, 2.05) is 30.3 Å². The zero-order valence-electron chi connectivity index (χ0n) is 9.47. The number of hydrogen-bond acceptors (Lipinski definition) is 3. The summed E-state index contributed by atoms with van der Waals surface area (Å²) in [5.41, 5.74) is 1.69. The van der Waals surface area contributed by atoms with Crippen molar-refractivity contribution in [3.8, 4) is 0 Å². The molecule has 92 valence electrons. The molecular weight excluding hydrogens is 252 g/mol. The highest BCUT2D eigenvalue weighted by molar-refractivity contribution is 6.31. The molecule has 2 rings (SSSR count). The molecule has 0 saturated heterocycles. The van der Waals surface area contributed by atoms with Crippen LogP contribution in [0, 0.1) is 10.1 Å². The van der Waals surface area contributed by atoms with Gasteiger partial charge >= 0.3 is 0 Å². The zero-order valence-corrected chi connectivity index (χ0v) is 10.2. The van der Waals surface area contributed by atoms with Gasteiger partial charge in [0.2, 0.25) is 0 Å². The second-order valence-electron chi connectivity index (χ2n) is 3.75. The SMILES string of the molecule is O=[N+]([O-])c1ccc(Cl)c(CNc2ccccc2)c1. The summed E-state index contributed by atoms with van der Waals surface area (Å²) < 4.78 is 0. The lowest BCUT2D eigenvalue weighted by atomic mass is 10.2. The summed E-state index contributed by atoms with van der Waals surface area (Å²) in [5.74, 6) is 0. The van der Waals surface area contributed by atoms with Gasteiger partial charge in [0.25, 0.3) is 5.69 Å². The molecule has 0 unspecified atom stereocenters. The third-order valence-electron chi connectivity index (χ3n) is 2.50. The minimum absolute atomic E-state index is 0.0456. The first-order valence-corrected chi connectivity index (χ1v) is 5.76. The van der Waals surface area contributed by atoms with E-state index in [1.165, 1.54) is 12.1 Å². The summed E-state index contributed by atoms with van der Waals surface area (Å²) >= 11 is 6.00. The van der Waals surface area contributed by atoms with Crippen LogP contribution in [-0.4, -0.2) is 4.92 Å². The van der Waals surface area contributed by atoms with E-state index < -0.39 is 4.92 Å². The molecule has 0 amide bonds. The maximum Gasteiger partial charge on any atom is 0.269 e. The molecule has 0 radical (unpaired) electrons. The Labute approximate surface area is 109 Å². The van der Waals surface area contributed by atoms with Crippen LogP contribution in [0.3, 0.4) is 0 Å². The fraction of sp³-hybridized carbons (Fsp3) is 0.0769. The molecule has 1 N–H and O–H groups in total. The van der Waals surface area contributed by atoms with Gasteiger partial charge < -0.3 is 5.32 Å². The summed E-state index contributed by atoms with van der Waals surface area (Å²) in [6, 6.07) is 14.0. The summed E-state index contributed by atoms with van der Waals surface area (Å²) in [7, 11) is 0. The molecule has 0 saturated carbocycles. The molecule has 4 nitrogen and oxygen atoms in total. The second kappa shape index (κ2) is 5.51. The Bertz CT molecular complexity index is 558. The van der Waals surface area contributed by atoms with Crippen molar-refractivity contribution in [3.05, 3.63) is 69.2 Å². The number of nitrogens with one attached hydrogen (secondary N) is 1. The van der Waals surface area contributed by atoms with Gasteiger partial charge in [-0.25, -0.2) is 0 Å². The predicted octanol–water partition coefficient (Wildman–Crippen LogP) is 3.86. The number of anilines is 1. The van der Waals surface area contributed by atoms with E-state index in [0.717, 1.165) is 5.69 Å². The van der Waals surface area contributed by atoms with E-state index in [4.69, 9.17) is 11.6 Å². The van der Waals surface area contributed by atoms with Crippen LogP contribution in [0.1, 0.15) is 5.56 Å². The van der Waals surface area contributed by atoms with E-state index in [2.05, 4.69) is 5.32 Å². The highest BCUT2D eigenvalue weighted by Gasteiger charge is 2.09. The molecule has 0 heterocycles. The standard InChI is InChI=1S/C13H11ClN2O2/c14-13-7-6-12(16(17)18)8-10(13)9-15-11-4-2-1-3-5-11/h1-8,15H,9H2. The Kier molecular flexibility index (Phi) is 3.79. The van der Waals surface area contributed by atoms with Crippen LogP contribution in [0.5, 0.6) is 0 Å². The monoisotopic (exact) mass is 262 g/mol. The normalized spacial score (nSPS) is 10.1. The van der Waals surface area contributed by atoms with Gasteiger partial charge in [-0.2, -0.15) is 0 Å². The minimum Gasteiger partial charge on any atom is -0.381 e. The molecular formula is C13H11ClN2O2. The number of hydrogen-bond donors (Lipinski definition) is 1. The van der Waals surface area contributed by atoms with Crippen molar-refractivity contribution in [2.75, 3.05) is 5.32 Å². The summed E-state index contributed by atoms with van der Waals surface area (Å²) in [5, 5.41) is 14.4. The molecule has 0 spiro atoms. The number of para-hydroxylation sites is 1. The van der Waals surface area contributed by atoms with Crippen molar-refractivity contribution in [3.63, 3.8) is 0 Å². The van der Waals surface area contributed by atoms with Crippen LogP contribution in [0.4, 0.5) is 11.4 Å². The molecule has 0 aliphatic heterocycles. The lowest BCUT2D eigenvalue weighted by Gasteiger charge is -2.07. The van der Waals surface area contributed by atoms with Crippen molar-refractivity contribution in [1.29, 1.82) is 0 Å². The van der Waals surface area contributed by atoms with Crippen molar-refractivity contribution < 1.29 is 4.92 Å². The molecule has 0 aromatic heterocycles. The Balaban J connectivity index is 2.14. The van der Waals surface area contributed by atoms with Crippen molar-refractivity contribution in [2.45, 2.75) is 6.54 Å². The van der Waals surface area contributed by atoms with Gasteiger partial charge in [-0.3, -0.25) is 10.1 Å². The molecule has 2 aromatic rings. The Hall–Kier alpha value is -2.07. The number of rotatable bonds is 4. The maximum atomic E-state index is 10.7. The highest BCUT2D eigenvalue weighted by Crippen LogP contribution is 2.22. The lowest BCUT2D eigenvalue weighted by Crippen LogP contribution is -2.00. The van der Waals surface area contributed by atoms with E-state index in [1.54, 1.807) is 6.07 Å². The zero-order chi connectivity index (χ0) is 13.0. The van der Waals surface area contributed by atoms with E-state index in [9.17, 15) is 10.1 Å². The topological polar surface area (TPSA) is 55.2 Å². The van der Waals surface area contributed by atoms with Crippen LogP contribution in [0.25, 0.3) is 0 Å². The maximum absolute atomic E-state index is 10.7. The number of benzene rings is 2. The average Bonchev–Trinajstić information content (AvgIpc) is 2.38. The van der Waals surface area contributed by atoms with E-state index >= 15 is 0 Å². The van der Waals surface area contributed by atoms with Crippen molar-refractivity contribution in [2.24, 2.45) is 0 Å². The largest absolute Gasteiger partial charge is 0.381 e. The third kappa shape index (κ3) is 2.99. The molecule has 0 bridgehead atoms. The van der Waals surface area contributed by atoms with Gasteiger partial charge in [-0.05, 0) is 23.8 Å². The van der Waals surface area contributed by atoms with Crippen LogP contribution < -0.4 is 5.32 Å². The predicted molar refractivity (Wildman–Crippen MR) is 71.9 cm³/mol.